The summed E-state index contributed by atoms with van der Waals surface area (Å²) in [4.78, 5) is 17.2. The van der Waals surface area contributed by atoms with Crippen LogP contribution < -0.4 is 10.1 Å². The first kappa shape index (κ1) is 17.9. The summed E-state index contributed by atoms with van der Waals surface area (Å²) >= 11 is 1.32. The van der Waals surface area contributed by atoms with E-state index in [1.165, 1.54) is 11.3 Å². The Labute approximate surface area is 145 Å². The number of carbonyl (C=O) groups is 1. The van der Waals surface area contributed by atoms with Gasteiger partial charge in [-0.15, -0.1) is 5.10 Å². The van der Waals surface area contributed by atoms with E-state index in [-0.39, 0.29) is 5.91 Å². The molecule has 24 heavy (non-hydrogen) atoms. The molecule has 6 nitrogen and oxygen atoms in total. The molecule has 0 aliphatic heterocycles. The van der Waals surface area contributed by atoms with Crippen molar-refractivity contribution in [2.45, 2.75) is 34.2 Å². The Morgan fingerprint density at radius 1 is 1.33 bits per heavy atom. The fourth-order valence-electron chi connectivity index (χ4n) is 2.11. The van der Waals surface area contributed by atoms with Crippen LogP contribution in [0, 0.1) is 6.92 Å². The summed E-state index contributed by atoms with van der Waals surface area (Å²) < 4.78 is 7.22. The number of imidazole rings is 1. The van der Waals surface area contributed by atoms with Crippen LogP contribution in [-0.2, 0) is 6.54 Å². The van der Waals surface area contributed by atoms with Gasteiger partial charge in [0.25, 0.3) is 5.91 Å². The van der Waals surface area contributed by atoms with Gasteiger partial charge in [0.15, 0.2) is 0 Å². The predicted molar refractivity (Wildman–Crippen MR) is 95.7 cm³/mol. The first-order valence-electron chi connectivity index (χ1n) is 7.99. The molecule has 1 amide bonds. The van der Waals surface area contributed by atoms with E-state index >= 15 is 0 Å². The maximum Gasteiger partial charge on any atom is 0.282 e. The summed E-state index contributed by atoms with van der Waals surface area (Å²) in [6.45, 7) is 8.78. The molecule has 0 unspecified atom stereocenters. The zero-order chi connectivity index (χ0) is 17.5. The standard InChI is InChI=1S/C15H16N4O2S.C2H6/c1-3-21-12-7-5-4-6-11(12)8-17-14(20)15-18-19-10(2)16-9-13(19)22-15;1-2/h4-7,9H,3,8H2,1-2H3,(H,17,20);1-2H3. The molecule has 2 heterocycles. The average molecular weight is 346 g/mol. The minimum atomic E-state index is -0.195. The molecule has 1 N–H and O–H groups in total. The fourth-order valence-corrected chi connectivity index (χ4v) is 2.96. The highest BCUT2D eigenvalue weighted by Gasteiger charge is 2.14. The highest BCUT2D eigenvalue weighted by Crippen LogP contribution is 2.19. The molecule has 3 aromatic rings. The molecule has 1 aromatic carbocycles. The number of aromatic nitrogens is 3. The van der Waals surface area contributed by atoms with Gasteiger partial charge in [-0.25, -0.2) is 9.50 Å². The van der Waals surface area contributed by atoms with Crippen molar-refractivity contribution in [3.8, 4) is 5.75 Å². The quantitative estimate of drug-likeness (QED) is 0.768. The first-order chi connectivity index (χ1) is 11.7. The highest BCUT2D eigenvalue weighted by molar-refractivity contribution is 7.18. The minimum absolute atomic E-state index is 0.195. The molecular formula is C17H22N4O2S. The summed E-state index contributed by atoms with van der Waals surface area (Å²) in [6, 6.07) is 7.67. The second-order valence-electron chi connectivity index (χ2n) is 4.69. The Hall–Kier alpha value is -2.41. The van der Waals surface area contributed by atoms with Gasteiger partial charge >= 0.3 is 0 Å². The minimum Gasteiger partial charge on any atom is -0.494 e. The number of benzene rings is 1. The summed E-state index contributed by atoms with van der Waals surface area (Å²) in [6.07, 6.45) is 1.72. The number of rotatable bonds is 5. The third-order valence-electron chi connectivity index (χ3n) is 3.18. The lowest BCUT2D eigenvalue weighted by Crippen LogP contribution is -2.23. The lowest BCUT2D eigenvalue weighted by molar-refractivity contribution is 0.0949. The van der Waals surface area contributed by atoms with E-state index in [9.17, 15) is 4.79 Å². The number of para-hydroxylation sites is 1. The summed E-state index contributed by atoms with van der Waals surface area (Å²) in [5.41, 5.74) is 0.943. The number of nitrogens with zero attached hydrogens (tertiary/aromatic N) is 3. The number of ether oxygens (including phenoxy) is 1. The molecule has 0 radical (unpaired) electrons. The molecule has 0 saturated carbocycles. The molecule has 128 valence electrons. The van der Waals surface area contributed by atoms with E-state index in [2.05, 4.69) is 15.4 Å². The van der Waals surface area contributed by atoms with Crippen molar-refractivity contribution in [3.05, 3.63) is 46.9 Å². The van der Waals surface area contributed by atoms with E-state index in [4.69, 9.17) is 4.74 Å². The van der Waals surface area contributed by atoms with E-state index in [0.717, 1.165) is 22.0 Å². The van der Waals surface area contributed by atoms with Crippen LogP contribution in [-0.4, -0.2) is 27.1 Å². The van der Waals surface area contributed by atoms with Gasteiger partial charge in [-0.2, -0.15) is 0 Å². The van der Waals surface area contributed by atoms with Gasteiger partial charge in [-0.3, -0.25) is 4.79 Å². The van der Waals surface area contributed by atoms with Gasteiger partial charge in [-0.05, 0) is 19.9 Å². The third-order valence-corrected chi connectivity index (χ3v) is 4.12. The van der Waals surface area contributed by atoms with Crippen LogP contribution in [0.3, 0.4) is 0 Å². The second kappa shape index (κ2) is 8.44. The van der Waals surface area contributed by atoms with Crippen LogP contribution in [0.5, 0.6) is 5.75 Å². The predicted octanol–water partition coefficient (Wildman–Crippen LogP) is 3.45. The van der Waals surface area contributed by atoms with Crippen LogP contribution in [0.25, 0.3) is 4.83 Å². The summed E-state index contributed by atoms with van der Waals surface area (Å²) in [5.74, 6) is 1.36. The van der Waals surface area contributed by atoms with Gasteiger partial charge < -0.3 is 10.1 Å². The third kappa shape index (κ3) is 3.91. The zero-order valence-electron chi connectivity index (χ0n) is 14.4. The van der Waals surface area contributed by atoms with Gasteiger partial charge in [0.1, 0.15) is 16.4 Å². The Morgan fingerprint density at radius 3 is 2.79 bits per heavy atom. The Morgan fingerprint density at radius 2 is 2.08 bits per heavy atom. The molecule has 0 aliphatic carbocycles. The van der Waals surface area contributed by atoms with Gasteiger partial charge in [0, 0.05) is 12.1 Å². The van der Waals surface area contributed by atoms with Crippen molar-refractivity contribution < 1.29 is 9.53 Å². The number of hydrogen-bond acceptors (Lipinski definition) is 5. The van der Waals surface area contributed by atoms with Crippen LogP contribution >= 0.6 is 11.3 Å². The number of hydrogen-bond donors (Lipinski definition) is 1. The van der Waals surface area contributed by atoms with Crippen LogP contribution in [0.2, 0.25) is 0 Å². The monoisotopic (exact) mass is 346 g/mol. The van der Waals surface area contributed by atoms with Crippen LogP contribution in [0.1, 0.15) is 42.0 Å². The fraction of sp³-hybridized carbons (Fsp3) is 0.353. The second-order valence-corrected chi connectivity index (χ2v) is 5.70. The van der Waals surface area contributed by atoms with Crippen molar-refractivity contribution >= 4 is 22.1 Å². The van der Waals surface area contributed by atoms with Gasteiger partial charge in [0.05, 0.1) is 12.8 Å². The molecule has 0 bridgehead atoms. The van der Waals surface area contributed by atoms with E-state index in [1.54, 1.807) is 10.7 Å². The highest BCUT2D eigenvalue weighted by atomic mass is 32.1. The lowest BCUT2D eigenvalue weighted by Gasteiger charge is -2.10. The Kier molecular flexibility index (Phi) is 6.31. The number of amides is 1. The van der Waals surface area contributed by atoms with Crippen molar-refractivity contribution in [1.29, 1.82) is 0 Å². The normalized spacial score (nSPS) is 10.2. The molecule has 0 aliphatic rings. The van der Waals surface area contributed by atoms with Gasteiger partial charge in [-0.1, -0.05) is 43.4 Å². The largest absolute Gasteiger partial charge is 0.494 e. The maximum absolute atomic E-state index is 12.2. The molecular weight excluding hydrogens is 324 g/mol. The molecule has 3 rings (SSSR count). The van der Waals surface area contributed by atoms with Crippen molar-refractivity contribution in [1.82, 2.24) is 19.9 Å². The SMILES string of the molecule is CC.CCOc1ccccc1CNC(=O)c1nn2c(C)ncc2s1. The smallest absolute Gasteiger partial charge is 0.282 e. The summed E-state index contributed by atoms with van der Waals surface area (Å²) in [5, 5.41) is 7.58. The Balaban J connectivity index is 0.00000100. The van der Waals surface area contributed by atoms with Crippen molar-refractivity contribution in [2.75, 3.05) is 6.61 Å². The lowest BCUT2D eigenvalue weighted by atomic mass is 10.2. The van der Waals surface area contributed by atoms with E-state index in [1.807, 2.05) is 52.0 Å². The maximum atomic E-state index is 12.2. The molecule has 0 fully saturated rings. The number of fused-ring (bicyclic) bond motifs is 1. The van der Waals surface area contributed by atoms with Gasteiger partial charge in [0.2, 0.25) is 5.01 Å². The average Bonchev–Trinajstić information content (AvgIpc) is 3.18. The molecule has 0 saturated heterocycles. The molecule has 2 aromatic heterocycles. The van der Waals surface area contributed by atoms with Crippen LogP contribution in [0.15, 0.2) is 30.5 Å². The van der Waals surface area contributed by atoms with Crippen LogP contribution in [0.4, 0.5) is 0 Å². The number of aryl methyl sites for hydroxylation is 1. The van der Waals surface area contributed by atoms with E-state index < -0.39 is 0 Å². The zero-order valence-corrected chi connectivity index (χ0v) is 15.2. The van der Waals surface area contributed by atoms with Crippen molar-refractivity contribution in [3.63, 3.8) is 0 Å². The Bertz CT molecular complexity index is 810. The topological polar surface area (TPSA) is 68.5 Å². The van der Waals surface area contributed by atoms with Crippen molar-refractivity contribution in [2.24, 2.45) is 0 Å². The molecule has 0 spiro atoms. The van der Waals surface area contributed by atoms with E-state index in [0.29, 0.717) is 18.2 Å². The number of carbonyl (C=O) groups excluding carboxylic acids is 1. The summed E-state index contributed by atoms with van der Waals surface area (Å²) in [7, 11) is 0. The molecule has 0 atom stereocenters. The first-order valence-corrected chi connectivity index (χ1v) is 8.80. The number of nitrogens with one attached hydrogen (secondary N) is 1. The molecule has 7 heteroatoms.